The van der Waals surface area contributed by atoms with E-state index in [2.05, 4.69) is 31.1 Å². The number of aromatic amines is 1. The SMILES string of the molecule is CC(C)(C)c1ccc(OCCCC(=O)NC(Cc2c[nH]c3ccccc23)C(=O)O)cc1. The van der Waals surface area contributed by atoms with Crippen LogP contribution < -0.4 is 10.1 Å². The van der Waals surface area contributed by atoms with Crippen molar-refractivity contribution in [3.8, 4) is 5.75 Å². The van der Waals surface area contributed by atoms with Crippen LogP contribution in [0.25, 0.3) is 10.9 Å². The largest absolute Gasteiger partial charge is 0.494 e. The van der Waals surface area contributed by atoms with Crippen LogP contribution in [0.5, 0.6) is 5.75 Å². The number of nitrogens with one attached hydrogen (secondary N) is 2. The Kier molecular flexibility index (Phi) is 7.00. The van der Waals surface area contributed by atoms with Gasteiger partial charge in [-0.05, 0) is 41.2 Å². The maximum absolute atomic E-state index is 12.3. The molecule has 6 heteroatoms. The first-order valence-electron chi connectivity index (χ1n) is 10.5. The maximum Gasteiger partial charge on any atom is 0.326 e. The second kappa shape index (κ2) is 9.69. The molecule has 0 aliphatic carbocycles. The Hall–Kier alpha value is -3.28. The number of carboxylic acids is 1. The van der Waals surface area contributed by atoms with Gasteiger partial charge in [0.25, 0.3) is 0 Å². The van der Waals surface area contributed by atoms with E-state index in [1.165, 1.54) is 5.56 Å². The van der Waals surface area contributed by atoms with E-state index in [-0.39, 0.29) is 24.2 Å². The molecule has 0 bridgehead atoms. The second-order valence-electron chi connectivity index (χ2n) is 8.75. The van der Waals surface area contributed by atoms with Gasteiger partial charge in [0.1, 0.15) is 11.8 Å². The van der Waals surface area contributed by atoms with Gasteiger partial charge in [-0.3, -0.25) is 4.79 Å². The summed E-state index contributed by atoms with van der Waals surface area (Å²) in [6.45, 7) is 6.86. The fourth-order valence-corrected chi connectivity index (χ4v) is 3.46. The number of carbonyl (C=O) groups excluding carboxylic acids is 1. The molecule has 0 spiro atoms. The van der Waals surface area contributed by atoms with Crippen LogP contribution in [0.2, 0.25) is 0 Å². The number of para-hydroxylation sites is 1. The minimum absolute atomic E-state index is 0.0873. The predicted octanol–water partition coefficient (Wildman–Crippen LogP) is 4.44. The third-order valence-corrected chi connectivity index (χ3v) is 5.27. The first-order chi connectivity index (χ1) is 14.7. The molecule has 0 fully saturated rings. The van der Waals surface area contributed by atoms with E-state index < -0.39 is 12.0 Å². The van der Waals surface area contributed by atoms with Crippen molar-refractivity contribution in [2.24, 2.45) is 0 Å². The van der Waals surface area contributed by atoms with E-state index >= 15 is 0 Å². The van der Waals surface area contributed by atoms with Crippen LogP contribution in [-0.2, 0) is 21.4 Å². The van der Waals surface area contributed by atoms with Gasteiger partial charge in [-0.15, -0.1) is 0 Å². The molecule has 31 heavy (non-hydrogen) atoms. The molecule has 2 aromatic carbocycles. The zero-order valence-electron chi connectivity index (χ0n) is 18.3. The predicted molar refractivity (Wildman–Crippen MR) is 121 cm³/mol. The first kappa shape index (κ1) is 22.4. The number of hydrogen-bond acceptors (Lipinski definition) is 3. The summed E-state index contributed by atoms with van der Waals surface area (Å²) in [7, 11) is 0. The van der Waals surface area contributed by atoms with Gasteiger partial charge in [-0.2, -0.15) is 0 Å². The Morgan fingerprint density at radius 1 is 1.10 bits per heavy atom. The van der Waals surface area contributed by atoms with Gasteiger partial charge in [-0.25, -0.2) is 4.79 Å². The standard InChI is InChI=1S/C25H30N2O4/c1-25(2,3)18-10-12-19(13-11-18)31-14-6-9-23(28)27-22(24(29)30)15-17-16-26-21-8-5-4-7-20(17)21/h4-5,7-8,10-13,16,22,26H,6,9,14-15H2,1-3H3,(H,27,28)(H,29,30). The lowest BCUT2D eigenvalue weighted by atomic mass is 9.87. The highest BCUT2D eigenvalue weighted by atomic mass is 16.5. The van der Waals surface area contributed by atoms with Crippen molar-refractivity contribution in [2.75, 3.05) is 6.61 Å². The van der Waals surface area contributed by atoms with Crippen molar-refractivity contribution >= 4 is 22.8 Å². The summed E-state index contributed by atoms with van der Waals surface area (Å²) in [4.78, 5) is 27.1. The van der Waals surface area contributed by atoms with Crippen molar-refractivity contribution in [2.45, 2.75) is 51.5 Å². The molecular weight excluding hydrogens is 392 g/mol. The highest BCUT2D eigenvalue weighted by Crippen LogP contribution is 2.24. The lowest BCUT2D eigenvalue weighted by molar-refractivity contribution is -0.141. The summed E-state index contributed by atoms with van der Waals surface area (Å²) in [6, 6.07) is 14.7. The van der Waals surface area contributed by atoms with Gasteiger partial charge < -0.3 is 20.1 Å². The summed E-state index contributed by atoms with van der Waals surface area (Å²) < 4.78 is 5.71. The molecule has 0 saturated heterocycles. The second-order valence-corrected chi connectivity index (χ2v) is 8.75. The number of ether oxygens (including phenoxy) is 1. The minimum atomic E-state index is -1.05. The van der Waals surface area contributed by atoms with Crippen LogP contribution >= 0.6 is 0 Å². The molecule has 3 N–H and O–H groups in total. The molecule has 1 heterocycles. The molecule has 1 atom stereocenters. The van der Waals surface area contributed by atoms with Gasteiger partial charge in [0.15, 0.2) is 0 Å². The van der Waals surface area contributed by atoms with Crippen molar-refractivity contribution < 1.29 is 19.4 Å². The Bertz CT molecular complexity index is 1030. The molecular formula is C25H30N2O4. The number of H-pyrrole nitrogens is 1. The average molecular weight is 423 g/mol. The Morgan fingerprint density at radius 3 is 2.48 bits per heavy atom. The third kappa shape index (κ3) is 6.10. The summed E-state index contributed by atoms with van der Waals surface area (Å²) in [5, 5.41) is 13.1. The van der Waals surface area contributed by atoms with E-state index in [1.807, 2.05) is 48.5 Å². The molecule has 0 aliphatic heterocycles. The Labute approximate surface area is 182 Å². The number of carboxylic acid groups (broad SMARTS) is 1. The topological polar surface area (TPSA) is 91.4 Å². The normalized spacial score (nSPS) is 12.5. The highest BCUT2D eigenvalue weighted by Gasteiger charge is 2.21. The van der Waals surface area contributed by atoms with Crippen molar-refractivity contribution in [1.29, 1.82) is 0 Å². The fraction of sp³-hybridized carbons (Fsp3) is 0.360. The maximum atomic E-state index is 12.3. The van der Waals surface area contributed by atoms with Gasteiger partial charge in [0, 0.05) is 29.9 Å². The molecule has 164 valence electrons. The van der Waals surface area contributed by atoms with Crippen LogP contribution in [0.1, 0.15) is 44.7 Å². The summed E-state index contributed by atoms with van der Waals surface area (Å²) in [5.41, 5.74) is 3.13. The van der Waals surface area contributed by atoms with Crippen LogP contribution in [-0.4, -0.2) is 34.6 Å². The number of amides is 1. The number of benzene rings is 2. The molecule has 1 amide bonds. The van der Waals surface area contributed by atoms with Gasteiger partial charge in [0.05, 0.1) is 6.61 Å². The molecule has 0 aliphatic rings. The van der Waals surface area contributed by atoms with Gasteiger partial charge >= 0.3 is 5.97 Å². The first-order valence-corrected chi connectivity index (χ1v) is 10.5. The summed E-state index contributed by atoms with van der Waals surface area (Å²) in [6.07, 6.45) is 2.73. The van der Waals surface area contributed by atoms with Gasteiger partial charge in [-0.1, -0.05) is 51.1 Å². The molecule has 3 aromatic rings. The van der Waals surface area contributed by atoms with E-state index in [0.717, 1.165) is 22.2 Å². The van der Waals surface area contributed by atoms with E-state index in [4.69, 9.17) is 4.74 Å². The molecule has 0 radical (unpaired) electrons. The number of aliphatic carboxylic acids is 1. The smallest absolute Gasteiger partial charge is 0.326 e. The van der Waals surface area contributed by atoms with Crippen molar-refractivity contribution in [3.05, 3.63) is 65.9 Å². The summed E-state index contributed by atoms with van der Waals surface area (Å²) >= 11 is 0. The van der Waals surface area contributed by atoms with Crippen LogP contribution in [0, 0.1) is 0 Å². The molecule has 0 saturated carbocycles. The number of carbonyl (C=O) groups is 2. The minimum Gasteiger partial charge on any atom is -0.494 e. The highest BCUT2D eigenvalue weighted by molar-refractivity contribution is 5.86. The monoisotopic (exact) mass is 422 g/mol. The lowest BCUT2D eigenvalue weighted by Crippen LogP contribution is -2.42. The number of hydrogen-bond donors (Lipinski definition) is 3. The summed E-state index contributed by atoms with van der Waals surface area (Å²) in [5.74, 6) is -0.580. The Balaban J connectivity index is 1.46. The molecule has 1 unspecified atom stereocenters. The van der Waals surface area contributed by atoms with E-state index in [1.54, 1.807) is 6.20 Å². The van der Waals surface area contributed by atoms with Crippen LogP contribution in [0.4, 0.5) is 0 Å². The van der Waals surface area contributed by atoms with Gasteiger partial charge in [0.2, 0.25) is 5.91 Å². The van der Waals surface area contributed by atoms with E-state index in [0.29, 0.717) is 13.0 Å². The van der Waals surface area contributed by atoms with Crippen molar-refractivity contribution in [1.82, 2.24) is 10.3 Å². The fourth-order valence-electron chi connectivity index (χ4n) is 3.46. The lowest BCUT2D eigenvalue weighted by Gasteiger charge is -2.19. The number of fused-ring (bicyclic) bond motifs is 1. The molecule has 6 nitrogen and oxygen atoms in total. The van der Waals surface area contributed by atoms with E-state index in [9.17, 15) is 14.7 Å². The zero-order chi connectivity index (χ0) is 22.4. The van der Waals surface area contributed by atoms with Crippen LogP contribution in [0.15, 0.2) is 54.7 Å². The Morgan fingerprint density at radius 2 is 1.81 bits per heavy atom. The average Bonchev–Trinajstić information content (AvgIpc) is 3.13. The van der Waals surface area contributed by atoms with Crippen molar-refractivity contribution in [3.63, 3.8) is 0 Å². The quantitative estimate of drug-likeness (QED) is 0.445. The van der Waals surface area contributed by atoms with Crippen LogP contribution in [0.3, 0.4) is 0 Å². The number of rotatable bonds is 9. The molecule has 1 aromatic heterocycles. The molecule has 3 rings (SSSR count). The zero-order valence-corrected chi connectivity index (χ0v) is 18.3. The third-order valence-electron chi connectivity index (χ3n) is 5.27. The number of aromatic nitrogens is 1.